The lowest BCUT2D eigenvalue weighted by Crippen LogP contribution is -2.56. The number of hydrogen-bond donors (Lipinski definition) is 1. The zero-order valence-corrected chi connectivity index (χ0v) is 11.1. The molecule has 0 bridgehead atoms. The molecule has 1 saturated heterocycles. The predicted octanol–water partition coefficient (Wildman–Crippen LogP) is 1.67. The molecule has 1 heterocycles. The molecule has 0 aromatic carbocycles. The molecule has 17 heavy (non-hydrogen) atoms. The molecule has 1 aliphatic heterocycles. The molecule has 96 valence electrons. The fraction of sp³-hybridized carbons (Fsp3) is 0.846. The number of amides is 1. The van der Waals surface area contributed by atoms with Gasteiger partial charge in [0.05, 0.1) is 18.0 Å². The Balaban J connectivity index is 2.79. The topological polar surface area (TPSA) is 56.1 Å². The Labute approximate surface area is 104 Å². The van der Waals surface area contributed by atoms with Crippen molar-refractivity contribution >= 4 is 5.91 Å². The zero-order chi connectivity index (χ0) is 12.9. The van der Waals surface area contributed by atoms with E-state index >= 15 is 0 Å². The van der Waals surface area contributed by atoms with Crippen LogP contribution in [0.5, 0.6) is 0 Å². The second-order valence-electron chi connectivity index (χ2n) is 4.97. The van der Waals surface area contributed by atoms with Gasteiger partial charge in [0.15, 0.2) is 0 Å². The quantitative estimate of drug-likeness (QED) is 0.791. The molecule has 4 nitrogen and oxygen atoms in total. The van der Waals surface area contributed by atoms with Crippen molar-refractivity contribution in [2.45, 2.75) is 58.0 Å². The predicted molar refractivity (Wildman–Crippen MR) is 67.3 cm³/mol. The zero-order valence-electron chi connectivity index (χ0n) is 11.1. The van der Waals surface area contributed by atoms with Crippen molar-refractivity contribution in [1.29, 1.82) is 5.26 Å². The summed E-state index contributed by atoms with van der Waals surface area (Å²) in [5, 5.41) is 12.0. The Morgan fingerprint density at radius 2 is 2.29 bits per heavy atom. The van der Waals surface area contributed by atoms with Gasteiger partial charge in [-0.3, -0.25) is 4.79 Å². The first kappa shape index (κ1) is 14.0. The number of nitriles is 1. The summed E-state index contributed by atoms with van der Waals surface area (Å²) < 4.78 is 0. The van der Waals surface area contributed by atoms with Crippen molar-refractivity contribution in [3.63, 3.8) is 0 Å². The Bertz CT molecular complexity index is 300. The highest BCUT2D eigenvalue weighted by Crippen LogP contribution is 2.26. The molecule has 4 heteroatoms. The second kappa shape index (κ2) is 6.02. The van der Waals surface area contributed by atoms with Crippen LogP contribution in [0.15, 0.2) is 0 Å². The SMILES string of the molecule is CCC1(C(=O)N(CCC#N)C(C)C)CCCN1. The van der Waals surface area contributed by atoms with E-state index in [1.165, 1.54) is 0 Å². The fourth-order valence-electron chi connectivity index (χ4n) is 2.48. The normalized spacial score (nSPS) is 23.7. The van der Waals surface area contributed by atoms with E-state index < -0.39 is 0 Å². The first-order valence-corrected chi connectivity index (χ1v) is 6.50. The minimum atomic E-state index is -0.375. The summed E-state index contributed by atoms with van der Waals surface area (Å²) in [7, 11) is 0. The Morgan fingerprint density at radius 3 is 2.71 bits per heavy atom. The molecule has 0 aliphatic carbocycles. The van der Waals surface area contributed by atoms with E-state index in [1.54, 1.807) is 0 Å². The molecule has 0 aromatic rings. The van der Waals surface area contributed by atoms with Crippen molar-refractivity contribution in [3.05, 3.63) is 0 Å². The molecule has 1 unspecified atom stereocenters. The number of carbonyl (C=O) groups excluding carboxylic acids is 1. The standard InChI is InChI=1S/C13H23N3O/c1-4-13(7-5-9-15-13)12(17)16(11(2)3)10-6-8-14/h11,15H,4-7,9-10H2,1-3H3. The summed E-state index contributed by atoms with van der Waals surface area (Å²) in [6.45, 7) is 7.53. The molecule has 1 rings (SSSR count). The third kappa shape index (κ3) is 2.98. The van der Waals surface area contributed by atoms with Gasteiger partial charge in [-0.15, -0.1) is 0 Å². The molecule has 0 spiro atoms. The average molecular weight is 237 g/mol. The van der Waals surface area contributed by atoms with Crippen LogP contribution < -0.4 is 5.32 Å². The van der Waals surface area contributed by atoms with Crippen LogP contribution in [0.2, 0.25) is 0 Å². The minimum Gasteiger partial charge on any atom is -0.338 e. The van der Waals surface area contributed by atoms with Crippen molar-refractivity contribution in [3.8, 4) is 6.07 Å². The monoisotopic (exact) mass is 237 g/mol. The summed E-state index contributed by atoms with van der Waals surface area (Å²) in [5.74, 6) is 0.169. The van der Waals surface area contributed by atoms with Crippen LogP contribution in [0.25, 0.3) is 0 Å². The van der Waals surface area contributed by atoms with Crippen LogP contribution in [-0.2, 0) is 4.79 Å². The lowest BCUT2D eigenvalue weighted by Gasteiger charge is -2.36. The molecule has 1 amide bonds. The van der Waals surface area contributed by atoms with Crippen molar-refractivity contribution in [2.75, 3.05) is 13.1 Å². The Hall–Kier alpha value is -1.08. The van der Waals surface area contributed by atoms with Gasteiger partial charge in [0.25, 0.3) is 0 Å². The van der Waals surface area contributed by atoms with E-state index in [4.69, 9.17) is 5.26 Å². The first-order valence-electron chi connectivity index (χ1n) is 6.50. The van der Waals surface area contributed by atoms with Crippen LogP contribution in [0.3, 0.4) is 0 Å². The van der Waals surface area contributed by atoms with Gasteiger partial charge in [-0.1, -0.05) is 6.92 Å². The molecule has 1 atom stereocenters. The van der Waals surface area contributed by atoms with Crippen LogP contribution in [0.1, 0.15) is 46.5 Å². The fourth-order valence-corrected chi connectivity index (χ4v) is 2.48. The maximum absolute atomic E-state index is 12.6. The molecule has 1 N–H and O–H groups in total. The highest BCUT2D eigenvalue weighted by Gasteiger charge is 2.42. The second-order valence-corrected chi connectivity index (χ2v) is 4.97. The molecule has 1 fully saturated rings. The van der Waals surface area contributed by atoms with Gasteiger partial charge in [0.2, 0.25) is 5.91 Å². The highest BCUT2D eigenvalue weighted by molar-refractivity contribution is 5.87. The van der Waals surface area contributed by atoms with Crippen molar-refractivity contribution < 1.29 is 4.79 Å². The lowest BCUT2D eigenvalue weighted by atomic mass is 9.91. The summed E-state index contributed by atoms with van der Waals surface area (Å²) in [4.78, 5) is 14.4. The molecule has 0 saturated carbocycles. The first-order chi connectivity index (χ1) is 8.07. The Morgan fingerprint density at radius 1 is 1.59 bits per heavy atom. The third-order valence-corrected chi connectivity index (χ3v) is 3.61. The van der Waals surface area contributed by atoms with E-state index in [-0.39, 0.29) is 17.5 Å². The van der Waals surface area contributed by atoms with Crippen LogP contribution in [0.4, 0.5) is 0 Å². The van der Waals surface area contributed by atoms with Gasteiger partial charge in [-0.05, 0) is 39.7 Å². The van der Waals surface area contributed by atoms with Crippen LogP contribution in [-0.4, -0.2) is 35.5 Å². The largest absolute Gasteiger partial charge is 0.338 e. The van der Waals surface area contributed by atoms with E-state index in [0.29, 0.717) is 13.0 Å². The van der Waals surface area contributed by atoms with Crippen LogP contribution >= 0.6 is 0 Å². The van der Waals surface area contributed by atoms with Crippen LogP contribution in [0, 0.1) is 11.3 Å². The van der Waals surface area contributed by atoms with Gasteiger partial charge >= 0.3 is 0 Å². The number of nitrogens with one attached hydrogen (secondary N) is 1. The number of hydrogen-bond acceptors (Lipinski definition) is 3. The minimum absolute atomic E-state index is 0.154. The molecule has 0 aromatic heterocycles. The number of nitrogens with zero attached hydrogens (tertiary/aromatic N) is 2. The van der Waals surface area contributed by atoms with E-state index in [0.717, 1.165) is 25.8 Å². The summed E-state index contributed by atoms with van der Waals surface area (Å²) in [6.07, 6.45) is 3.20. The van der Waals surface area contributed by atoms with Gasteiger partial charge in [0.1, 0.15) is 0 Å². The average Bonchev–Trinajstić information content (AvgIpc) is 2.78. The van der Waals surface area contributed by atoms with E-state index in [1.807, 2.05) is 18.7 Å². The maximum atomic E-state index is 12.6. The third-order valence-electron chi connectivity index (χ3n) is 3.61. The Kier molecular flexibility index (Phi) is 4.95. The molecule has 1 aliphatic rings. The van der Waals surface area contributed by atoms with Gasteiger partial charge in [-0.2, -0.15) is 5.26 Å². The highest BCUT2D eigenvalue weighted by atomic mass is 16.2. The molecule has 0 radical (unpaired) electrons. The molecular weight excluding hydrogens is 214 g/mol. The summed E-state index contributed by atoms with van der Waals surface area (Å²) in [6, 6.07) is 2.27. The summed E-state index contributed by atoms with van der Waals surface area (Å²) in [5.41, 5.74) is -0.375. The smallest absolute Gasteiger partial charge is 0.243 e. The maximum Gasteiger partial charge on any atom is 0.243 e. The number of carbonyl (C=O) groups is 1. The number of rotatable bonds is 5. The van der Waals surface area contributed by atoms with Gasteiger partial charge in [0, 0.05) is 12.6 Å². The van der Waals surface area contributed by atoms with E-state index in [2.05, 4.69) is 18.3 Å². The molecular formula is C13H23N3O. The van der Waals surface area contributed by atoms with Crippen molar-refractivity contribution in [2.24, 2.45) is 0 Å². The van der Waals surface area contributed by atoms with Gasteiger partial charge < -0.3 is 10.2 Å². The van der Waals surface area contributed by atoms with Crippen molar-refractivity contribution in [1.82, 2.24) is 10.2 Å². The lowest BCUT2D eigenvalue weighted by molar-refractivity contribution is -0.139. The van der Waals surface area contributed by atoms with Gasteiger partial charge in [-0.25, -0.2) is 0 Å². The summed E-state index contributed by atoms with van der Waals surface area (Å²) >= 11 is 0. The van der Waals surface area contributed by atoms with E-state index in [9.17, 15) is 4.79 Å².